The number of likely N-dealkylation sites (N-methyl/N-ethyl adjacent to an activating group) is 1. The smallest absolute Gasteiger partial charge is 0.170 e. The Hall–Kier alpha value is -0.160. The van der Waals surface area contributed by atoms with Crippen molar-refractivity contribution in [1.82, 2.24) is 4.90 Å². The molecule has 0 amide bonds. The molecule has 2 unspecified atom stereocenters. The van der Waals surface area contributed by atoms with Gasteiger partial charge in [-0.05, 0) is 45.1 Å². The fourth-order valence-corrected chi connectivity index (χ4v) is 4.59. The summed E-state index contributed by atoms with van der Waals surface area (Å²) in [6.07, 6.45) is 9.67. The highest BCUT2D eigenvalue weighted by Gasteiger charge is 2.46. The molecule has 4 heteroatoms. The van der Waals surface area contributed by atoms with Crippen LogP contribution < -0.4 is 5.73 Å². The summed E-state index contributed by atoms with van der Waals surface area (Å²) in [5.74, 6) is 0.623. The number of hydrogen-bond donors (Lipinski definition) is 1. The Morgan fingerprint density at radius 1 is 1.10 bits per heavy atom. The average molecular weight is 296 g/mol. The molecule has 2 atom stereocenters. The van der Waals surface area contributed by atoms with Crippen LogP contribution in [0.25, 0.3) is 0 Å². The first kappa shape index (κ1) is 15.7. The fraction of sp³-hybridized carbons (Fsp3) is 1.00. The van der Waals surface area contributed by atoms with Crippen LogP contribution in [0.1, 0.15) is 58.3 Å². The average Bonchev–Trinajstić information content (AvgIpc) is 2.98. The van der Waals surface area contributed by atoms with Crippen molar-refractivity contribution in [1.29, 1.82) is 0 Å². The van der Waals surface area contributed by atoms with Crippen molar-refractivity contribution in [3.63, 3.8) is 0 Å². The van der Waals surface area contributed by atoms with Gasteiger partial charge in [0.15, 0.2) is 5.79 Å². The Morgan fingerprint density at radius 3 is 2.38 bits per heavy atom. The largest absolute Gasteiger partial charge is 0.347 e. The highest BCUT2D eigenvalue weighted by molar-refractivity contribution is 4.96. The summed E-state index contributed by atoms with van der Waals surface area (Å²) in [6, 6.07) is 1.36. The molecular weight excluding hydrogens is 264 g/mol. The molecule has 2 aliphatic carbocycles. The quantitative estimate of drug-likeness (QED) is 0.869. The van der Waals surface area contributed by atoms with Crippen LogP contribution in [-0.2, 0) is 9.47 Å². The van der Waals surface area contributed by atoms with Gasteiger partial charge in [-0.15, -0.1) is 0 Å². The Morgan fingerprint density at radius 2 is 1.76 bits per heavy atom. The third-order valence-electron chi connectivity index (χ3n) is 6.18. The van der Waals surface area contributed by atoms with Crippen LogP contribution in [0.3, 0.4) is 0 Å². The van der Waals surface area contributed by atoms with E-state index in [1.54, 1.807) is 0 Å². The van der Waals surface area contributed by atoms with E-state index in [0.29, 0.717) is 12.1 Å². The molecule has 2 saturated carbocycles. The minimum Gasteiger partial charge on any atom is -0.347 e. The highest BCUT2D eigenvalue weighted by atomic mass is 16.7. The fourth-order valence-electron chi connectivity index (χ4n) is 4.59. The van der Waals surface area contributed by atoms with Gasteiger partial charge in [-0.2, -0.15) is 0 Å². The molecule has 0 aromatic carbocycles. The van der Waals surface area contributed by atoms with Gasteiger partial charge in [-0.25, -0.2) is 0 Å². The number of nitrogens with zero attached hydrogens (tertiary/aromatic N) is 1. The normalized spacial score (nSPS) is 40.0. The molecule has 1 saturated heterocycles. The van der Waals surface area contributed by atoms with E-state index in [0.717, 1.165) is 38.4 Å². The highest BCUT2D eigenvalue weighted by Crippen LogP contribution is 2.39. The summed E-state index contributed by atoms with van der Waals surface area (Å²) < 4.78 is 11.9. The standard InChI is InChI=1S/C17H32N2O2/c1-3-13-4-6-14(7-5-13)19(2)16-12-17(9-8-15(16)18)20-10-11-21-17/h13-16H,3-12,18H2,1-2H3. The van der Waals surface area contributed by atoms with Gasteiger partial charge < -0.3 is 15.2 Å². The van der Waals surface area contributed by atoms with E-state index in [9.17, 15) is 0 Å². The lowest BCUT2D eigenvalue weighted by molar-refractivity contribution is -0.193. The Balaban J connectivity index is 1.61. The summed E-state index contributed by atoms with van der Waals surface area (Å²) in [4.78, 5) is 2.56. The maximum absolute atomic E-state index is 6.44. The molecular formula is C17H32N2O2. The molecule has 4 nitrogen and oxygen atoms in total. The first-order valence-corrected chi connectivity index (χ1v) is 8.89. The van der Waals surface area contributed by atoms with Crippen molar-refractivity contribution < 1.29 is 9.47 Å². The van der Waals surface area contributed by atoms with Gasteiger partial charge in [0.25, 0.3) is 0 Å². The molecule has 21 heavy (non-hydrogen) atoms. The van der Waals surface area contributed by atoms with E-state index >= 15 is 0 Å². The van der Waals surface area contributed by atoms with E-state index in [1.807, 2.05) is 0 Å². The predicted octanol–water partition coefficient (Wildman–Crippen LogP) is 2.51. The molecule has 1 aliphatic heterocycles. The first-order valence-electron chi connectivity index (χ1n) is 8.89. The molecule has 0 bridgehead atoms. The van der Waals surface area contributed by atoms with Gasteiger partial charge >= 0.3 is 0 Å². The number of ether oxygens (including phenoxy) is 2. The van der Waals surface area contributed by atoms with Crippen LogP contribution in [-0.4, -0.2) is 49.1 Å². The molecule has 2 N–H and O–H groups in total. The second-order valence-corrected chi connectivity index (χ2v) is 7.33. The number of nitrogens with two attached hydrogens (primary N) is 1. The minimum absolute atomic E-state index is 0.261. The zero-order valence-electron chi connectivity index (χ0n) is 13.7. The van der Waals surface area contributed by atoms with E-state index in [-0.39, 0.29) is 11.8 Å². The lowest BCUT2D eigenvalue weighted by Gasteiger charge is -2.47. The topological polar surface area (TPSA) is 47.7 Å². The van der Waals surface area contributed by atoms with Gasteiger partial charge in [0.1, 0.15) is 0 Å². The van der Waals surface area contributed by atoms with Crippen molar-refractivity contribution in [2.75, 3.05) is 20.3 Å². The van der Waals surface area contributed by atoms with Gasteiger partial charge in [-0.3, -0.25) is 4.90 Å². The van der Waals surface area contributed by atoms with E-state index < -0.39 is 0 Å². The van der Waals surface area contributed by atoms with Crippen molar-refractivity contribution >= 4 is 0 Å². The summed E-state index contributed by atoms with van der Waals surface area (Å²) in [7, 11) is 2.27. The first-order chi connectivity index (χ1) is 10.1. The Labute approximate surface area is 129 Å². The third kappa shape index (κ3) is 3.29. The summed E-state index contributed by atoms with van der Waals surface area (Å²) in [5, 5.41) is 0. The Bertz CT molecular complexity index is 336. The van der Waals surface area contributed by atoms with Crippen LogP contribution in [0.5, 0.6) is 0 Å². The molecule has 3 rings (SSSR count). The summed E-state index contributed by atoms with van der Waals surface area (Å²) in [5.41, 5.74) is 6.44. The number of hydrogen-bond acceptors (Lipinski definition) is 4. The van der Waals surface area contributed by atoms with E-state index in [2.05, 4.69) is 18.9 Å². The van der Waals surface area contributed by atoms with Crippen LogP contribution in [0.15, 0.2) is 0 Å². The summed E-state index contributed by atoms with van der Waals surface area (Å²) >= 11 is 0. The molecule has 0 radical (unpaired) electrons. The zero-order valence-corrected chi connectivity index (χ0v) is 13.7. The van der Waals surface area contributed by atoms with Crippen molar-refractivity contribution in [2.24, 2.45) is 11.7 Å². The van der Waals surface area contributed by atoms with Crippen molar-refractivity contribution in [2.45, 2.75) is 82.2 Å². The molecule has 0 aromatic heterocycles. The maximum Gasteiger partial charge on any atom is 0.170 e. The van der Waals surface area contributed by atoms with Crippen LogP contribution in [0.2, 0.25) is 0 Å². The van der Waals surface area contributed by atoms with E-state index in [1.165, 1.54) is 32.1 Å². The monoisotopic (exact) mass is 296 g/mol. The van der Waals surface area contributed by atoms with Crippen LogP contribution >= 0.6 is 0 Å². The predicted molar refractivity (Wildman–Crippen MR) is 84.0 cm³/mol. The minimum atomic E-state index is -0.324. The SMILES string of the molecule is CCC1CCC(N(C)C2CC3(CCC2N)OCCO3)CC1. The second-order valence-electron chi connectivity index (χ2n) is 7.33. The van der Waals surface area contributed by atoms with Gasteiger partial charge in [0, 0.05) is 31.0 Å². The van der Waals surface area contributed by atoms with Crippen molar-refractivity contribution in [3.8, 4) is 0 Å². The van der Waals surface area contributed by atoms with Gasteiger partial charge in [0.05, 0.1) is 13.2 Å². The number of rotatable bonds is 3. The molecule has 3 fully saturated rings. The van der Waals surface area contributed by atoms with Crippen molar-refractivity contribution in [3.05, 3.63) is 0 Å². The third-order valence-corrected chi connectivity index (χ3v) is 6.18. The van der Waals surface area contributed by atoms with E-state index in [4.69, 9.17) is 15.2 Å². The van der Waals surface area contributed by atoms with Crippen LogP contribution in [0.4, 0.5) is 0 Å². The van der Waals surface area contributed by atoms with Crippen LogP contribution in [0, 0.1) is 5.92 Å². The van der Waals surface area contributed by atoms with Gasteiger partial charge in [0.2, 0.25) is 0 Å². The Kier molecular flexibility index (Phi) is 4.89. The lowest BCUT2D eigenvalue weighted by Crippen LogP contribution is -2.57. The molecule has 1 spiro atoms. The van der Waals surface area contributed by atoms with Gasteiger partial charge in [-0.1, -0.05) is 13.3 Å². The second kappa shape index (κ2) is 6.53. The lowest BCUT2D eigenvalue weighted by atomic mass is 9.80. The molecule has 1 heterocycles. The molecule has 122 valence electrons. The maximum atomic E-state index is 6.44. The summed E-state index contributed by atoms with van der Waals surface area (Å²) in [6.45, 7) is 3.81. The molecule has 0 aromatic rings. The zero-order chi connectivity index (χ0) is 14.9. The molecule has 3 aliphatic rings.